The number of carbonyl (C=O) groups excluding carboxylic acids is 2. The van der Waals surface area contributed by atoms with Crippen molar-refractivity contribution in [3.05, 3.63) is 46.5 Å². The number of rotatable bonds is 12. The number of hydrogen-bond donors (Lipinski definition) is 8. The Labute approximate surface area is 185 Å². The van der Waals surface area contributed by atoms with Crippen molar-refractivity contribution < 1.29 is 30.0 Å². The minimum atomic E-state index is -0.617. The number of hydrogen-bond acceptors (Lipinski definition) is 10. The SMILES string of the molecule is O=C1c2ccc(O)c(O)c2C(=O)c2c(NCCNCCO)ccc(NCCNCCO)c21. The molecule has 10 nitrogen and oxygen atoms in total. The molecular formula is C22H28N4O6. The number of nitrogens with one attached hydrogen (secondary N) is 4. The molecule has 0 heterocycles. The van der Waals surface area contributed by atoms with Crippen LogP contribution in [0.2, 0.25) is 0 Å². The Hall–Kier alpha value is -3.18. The number of phenols is 2. The van der Waals surface area contributed by atoms with E-state index in [0.29, 0.717) is 50.6 Å². The van der Waals surface area contributed by atoms with E-state index in [4.69, 9.17) is 10.2 Å². The molecular weight excluding hydrogens is 416 g/mol. The molecule has 0 saturated heterocycles. The van der Waals surface area contributed by atoms with Crippen LogP contribution in [0.15, 0.2) is 24.3 Å². The number of ketones is 2. The minimum Gasteiger partial charge on any atom is -0.504 e. The Kier molecular flexibility index (Phi) is 8.01. The molecule has 0 bridgehead atoms. The monoisotopic (exact) mass is 444 g/mol. The third kappa shape index (κ3) is 4.83. The molecule has 172 valence electrons. The standard InChI is InChI=1S/C22H28N4O6/c27-11-9-23-5-7-25-14-2-3-15(26-8-6-24-10-12-28)19-18(14)20(30)13-1-4-16(29)21(31)17(13)22(19)32/h1-4,23-29,31H,5-12H2. The molecule has 8 N–H and O–H groups in total. The highest BCUT2D eigenvalue weighted by molar-refractivity contribution is 6.32. The summed E-state index contributed by atoms with van der Waals surface area (Å²) in [4.78, 5) is 26.7. The highest BCUT2D eigenvalue weighted by atomic mass is 16.3. The van der Waals surface area contributed by atoms with Gasteiger partial charge in [-0.2, -0.15) is 0 Å². The van der Waals surface area contributed by atoms with Gasteiger partial charge in [0.2, 0.25) is 5.78 Å². The maximum atomic E-state index is 13.4. The lowest BCUT2D eigenvalue weighted by atomic mass is 9.81. The number of anilines is 2. The second kappa shape index (κ2) is 10.9. The van der Waals surface area contributed by atoms with Crippen LogP contribution in [0.4, 0.5) is 11.4 Å². The average molecular weight is 444 g/mol. The van der Waals surface area contributed by atoms with Gasteiger partial charge >= 0.3 is 0 Å². The lowest BCUT2D eigenvalue weighted by molar-refractivity contribution is 0.0977. The van der Waals surface area contributed by atoms with Gasteiger partial charge in [-0.15, -0.1) is 0 Å². The van der Waals surface area contributed by atoms with Crippen molar-refractivity contribution >= 4 is 22.9 Å². The van der Waals surface area contributed by atoms with Crippen LogP contribution in [0, 0.1) is 0 Å². The van der Waals surface area contributed by atoms with Crippen LogP contribution in [-0.2, 0) is 0 Å². The second-order valence-corrected chi connectivity index (χ2v) is 7.23. The van der Waals surface area contributed by atoms with Crippen molar-refractivity contribution in [2.24, 2.45) is 0 Å². The molecule has 3 rings (SSSR count). The van der Waals surface area contributed by atoms with E-state index in [2.05, 4.69) is 21.3 Å². The van der Waals surface area contributed by atoms with Crippen molar-refractivity contribution in [1.29, 1.82) is 0 Å². The van der Waals surface area contributed by atoms with E-state index in [1.54, 1.807) is 12.1 Å². The first-order valence-corrected chi connectivity index (χ1v) is 10.4. The Morgan fingerprint density at radius 3 is 1.69 bits per heavy atom. The number of phenolic OH excluding ortho intramolecular Hbond substituents is 2. The van der Waals surface area contributed by atoms with E-state index in [1.165, 1.54) is 12.1 Å². The number of aliphatic hydroxyl groups excluding tert-OH is 2. The quantitative estimate of drug-likeness (QED) is 0.139. The summed E-state index contributed by atoms with van der Waals surface area (Å²) in [5.74, 6) is -2.08. The molecule has 10 heteroatoms. The van der Waals surface area contributed by atoms with Gasteiger partial charge in [0.25, 0.3) is 0 Å². The predicted molar refractivity (Wildman–Crippen MR) is 120 cm³/mol. The molecule has 1 aliphatic rings. The van der Waals surface area contributed by atoms with Gasteiger partial charge in [-0.25, -0.2) is 0 Å². The fraction of sp³-hybridized carbons (Fsp3) is 0.364. The summed E-state index contributed by atoms with van der Waals surface area (Å²) in [5, 5.41) is 50.2. The second-order valence-electron chi connectivity index (χ2n) is 7.23. The van der Waals surface area contributed by atoms with Crippen LogP contribution in [0.3, 0.4) is 0 Å². The zero-order chi connectivity index (χ0) is 23.1. The van der Waals surface area contributed by atoms with Crippen molar-refractivity contribution in [1.82, 2.24) is 10.6 Å². The highest BCUT2D eigenvalue weighted by Crippen LogP contribution is 2.42. The fourth-order valence-corrected chi connectivity index (χ4v) is 3.61. The maximum absolute atomic E-state index is 13.4. The Morgan fingerprint density at radius 1 is 0.625 bits per heavy atom. The van der Waals surface area contributed by atoms with Crippen molar-refractivity contribution in [2.75, 3.05) is 63.1 Å². The van der Waals surface area contributed by atoms with Gasteiger partial charge in [-0.3, -0.25) is 9.59 Å². The first kappa shape index (κ1) is 23.5. The van der Waals surface area contributed by atoms with E-state index < -0.39 is 23.1 Å². The molecule has 0 aliphatic heterocycles. The lowest BCUT2D eigenvalue weighted by Gasteiger charge is -2.24. The van der Waals surface area contributed by atoms with Crippen LogP contribution in [-0.4, -0.2) is 84.5 Å². The molecule has 0 unspecified atom stereocenters. The van der Waals surface area contributed by atoms with E-state index in [-0.39, 0.29) is 35.5 Å². The smallest absolute Gasteiger partial charge is 0.200 e. The third-order valence-electron chi connectivity index (χ3n) is 5.10. The minimum absolute atomic E-state index is 0.00939. The normalized spacial score (nSPS) is 12.4. The molecule has 32 heavy (non-hydrogen) atoms. The summed E-state index contributed by atoms with van der Waals surface area (Å²) in [6.07, 6.45) is 0. The van der Waals surface area contributed by atoms with Crippen LogP contribution in [0.5, 0.6) is 11.5 Å². The summed E-state index contributed by atoms with van der Waals surface area (Å²) in [7, 11) is 0. The number of benzene rings is 2. The van der Waals surface area contributed by atoms with Crippen LogP contribution < -0.4 is 21.3 Å². The molecule has 2 aromatic carbocycles. The molecule has 0 atom stereocenters. The highest BCUT2D eigenvalue weighted by Gasteiger charge is 2.36. The lowest BCUT2D eigenvalue weighted by Crippen LogP contribution is -2.28. The molecule has 2 aromatic rings. The van der Waals surface area contributed by atoms with Gasteiger partial charge in [0, 0.05) is 56.2 Å². The Balaban J connectivity index is 1.96. The Morgan fingerprint density at radius 2 is 1.16 bits per heavy atom. The summed E-state index contributed by atoms with van der Waals surface area (Å²) in [6, 6.07) is 5.92. The summed E-state index contributed by atoms with van der Waals surface area (Å²) >= 11 is 0. The van der Waals surface area contributed by atoms with Gasteiger partial charge in [0.1, 0.15) is 0 Å². The summed E-state index contributed by atoms with van der Waals surface area (Å²) in [6.45, 7) is 2.86. The number of carbonyl (C=O) groups is 2. The van der Waals surface area contributed by atoms with Gasteiger partial charge < -0.3 is 41.7 Å². The molecule has 1 aliphatic carbocycles. The molecule has 0 aromatic heterocycles. The number of fused-ring (bicyclic) bond motifs is 2. The average Bonchev–Trinajstić information content (AvgIpc) is 2.79. The fourth-order valence-electron chi connectivity index (χ4n) is 3.61. The molecule has 0 spiro atoms. The Bertz CT molecular complexity index is 995. The van der Waals surface area contributed by atoms with E-state index >= 15 is 0 Å². The zero-order valence-corrected chi connectivity index (χ0v) is 17.6. The van der Waals surface area contributed by atoms with E-state index in [0.717, 1.165) is 0 Å². The summed E-state index contributed by atoms with van der Waals surface area (Å²) in [5.41, 5.74) is 1.04. The summed E-state index contributed by atoms with van der Waals surface area (Å²) < 4.78 is 0. The van der Waals surface area contributed by atoms with Crippen LogP contribution >= 0.6 is 0 Å². The predicted octanol–water partition coefficient (Wildman–Crippen LogP) is -0.139. The van der Waals surface area contributed by atoms with Crippen molar-refractivity contribution in [3.63, 3.8) is 0 Å². The van der Waals surface area contributed by atoms with E-state index in [1.807, 2.05) is 0 Å². The van der Waals surface area contributed by atoms with Gasteiger partial charge in [-0.1, -0.05) is 0 Å². The third-order valence-corrected chi connectivity index (χ3v) is 5.10. The number of aromatic hydroxyl groups is 2. The van der Waals surface area contributed by atoms with Gasteiger partial charge in [0.05, 0.1) is 29.9 Å². The first-order valence-electron chi connectivity index (χ1n) is 10.4. The molecule has 0 radical (unpaired) electrons. The van der Waals surface area contributed by atoms with Crippen molar-refractivity contribution in [3.8, 4) is 11.5 Å². The van der Waals surface area contributed by atoms with Crippen molar-refractivity contribution in [2.45, 2.75) is 0 Å². The first-order chi connectivity index (χ1) is 15.5. The topological polar surface area (TPSA) is 163 Å². The maximum Gasteiger partial charge on any atom is 0.200 e. The number of aliphatic hydroxyl groups is 2. The van der Waals surface area contributed by atoms with E-state index in [9.17, 15) is 19.8 Å². The van der Waals surface area contributed by atoms with Crippen LogP contribution in [0.1, 0.15) is 31.8 Å². The largest absolute Gasteiger partial charge is 0.504 e. The molecule has 0 fully saturated rings. The zero-order valence-electron chi connectivity index (χ0n) is 17.6. The van der Waals surface area contributed by atoms with Gasteiger partial charge in [0.15, 0.2) is 17.3 Å². The van der Waals surface area contributed by atoms with Crippen LogP contribution in [0.25, 0.3) is 0 Å². The van der Waals surface area contributed by atoms with Gasteiger partial charge in [-0.05, 0) is 24.3 Å². The molecule has 0 saturated carbocycles. The molecule has 0 amide bonds.